The Morgan fingerprint density at radius 3 is 2.27 bits per heavy atom. The molecule has 0 saturated heterocycles. The largest absolute Gasteiger partial charge is 0.481 e. The van der Waals surface area contributed by atoms with Gasteiger partial charge < -0.3 is 5.11 Å². The molecule has 1 heterocycles. The van der Waals surface area contributed by atoms with Gasteiger partial charge in [0.05, 0.1) is 6.42 Å². The predicted molar refractivity (Wildman–Crippen MR) is 56.1 cm³/mol. The maximum atomic E-state index is 11.8. The minimum Gasteiger partial charge on any atom is -0.481 e. The van der Waals surface area contributed by atoms with Crippen molar-refractivity contribution in [3.8, 4) is 0 Å². The minimum absolute atomic E-state index is 0.0375. The number of rotatable bonds is 3. The molecule has 0 amide bonds. The Labute approximate surface area is 88.0 Å². The third kappa shape index (κ3) is 1.95. The number of aliphatic carboxylic acids is 1. The van der Waals surface area contributed by atoms with Gasteiger partial charge in [-0.15, -0.1) is 0 Å². The Bertz CT molecular complexity index is 442. The molecule has 1 rings (SSSR count). The van der Waals surface area contributed by atoms with Crippen LogP contribution in [-0.2, 0) is 11.8 Å². The van der Waals surface area contributed by atoms with Crippen LogP contribution in [0.4, 0.5) is 0 Å². The second kappa shape index (κ2) is 3.92. The van der Waals surface area contributed by atoms with E-state index in [0.29, 0.717) is 0 Å². The van der Waals surface area contributed by atoms with Crippen LogP contribution in [-0.4, -0.2) is 20.2 Å². The van der Waals surface area contributed by atoms with Crippen LogP contribution in [0.1, 0.15) is 30.8 Å². The first-order chi connectivity index (χ1) is 6.86. The molecule has 0 fully saturated rings. The maximum Gasteiger partial charge on any atom is 0.328 e. The average molecular weight is 212 g/mol. The van der Waals surface area contributed by atoms with Crippen molar-refractivity contribution >= 4 is 5.97 Å². The molecule has 1 N–H and O–H groups in total. The van der Waals surface area contributed by atoms with E-state index in [9.17, 15) is 9.59 Å². The number of carboxylic acid groups (broad SMARTS) is 1. The van der Waals surface area contributed by atoms with Gasteiger partial charge in [-0.2, -0.15) is 0 Å². The lowest BCUT2D eigenvalue weighted by molar-refractivity contribution is -0.137. The monoisotopic (exact) mass is 212 g/mol. The van der Waals surface area contributed by atoms with Gasteiger partial charge in [-0.1, -0.05) is 0 Å². The average Bonchev–Trinajstić information content (AvgIpc) is 2.30. The molecule has 0 aliphatic rings. The van der Waals surface area contributed by atoms with Gasteiger partial charge >= 0.3 is 11.7 Å². The molecule has 1 aromatic heterocycles. The van der Waals surface area contributed by atoms with Gasteiger partial charge in [0, 0.05) is 24.5 Å². The summed E-state index contributed by atoms with van der Waals surface area (Å²) >= 11 is 0. The number of carboxylic acids is 1. The summed E-state index contributed by atoms with van der Waals surface area (Å²) in [4.78, 5) is 22.3. The highest BCUT2D eigenvalue weighted by Crippen LogP contribution is 2.13. The molecule has 0 aromatic carbocycles. The fourth-order valence-corrected chi connectivity index (χ4v) is 1.73. The SMILES string of the molecule is Cc1c(C)n(C(C)CC(=O)O)c(=O)n1C. The van der Waals surface area contributed by atoms with Crippen molar-refractivity contribution in [2.45, 2.75) is 33.2 Å². The van der Waals surface area contributed by atoms with Crippen molar-refractivity contribution in [3.05, 3.63) is 21.9 Å². The fraction of sp³-hybridized carbons (Fsp3) is 0.600. The van der Waals surface area contributed by atoms with E-state index in [-0.39, 0.29) is 18.2 Å². The van der Waals surface area contributed by atoms with Crippen LogP contribution in [0.2, 0.25) is 0 Å². The van der Waals surface area contributed by atoms with Crippen LogP contribution >= 0.6 is 0 Å². The van der Waals surface area contributed by atoms with E-state index >= 15 is 0 Å². The lowest BCUT2D eigenvalue weighted by atomic mass is 10.2. The van der Waals surface area contributed by atoms with E-state index < -0.39 is 5.97 Å². The molecule has 84 valence electrons. The summed E-state index contributed by atoms with van der Waals surface area (Å²) in [6.45, 7) is 5.41. The second-order valence-electron chi connectivity index (χ2n) is 3.83. The van der Waals surface area contributed by atoms with Gasteiger partial charge in [-0.3, -0.25) is 13.9 Å². The summed E-state index contributed by atoms with van der Waals surface area (Å²) in [6.07, 6.45) is -0.0375. The molecule has 0 saturated carbocycles. The predicted octanol–water partition coefficient (Wildman–Crippen LogP) is 0.839. The highest BCUT2D eigenvalue weighted by Gasteiger charge is 2.17. The van der Waals surface area contributed by atoms with Gasteiger partial charge in [0.15, 0.2) is 0 Å². The van der Waals surface area contributed by atoms with Crippen LogP contribution in [0.3, 0.4) is 0 Å². The highest BCUT2D eigenvalue weighted by atomic mass is 16.4. The minimum atomic E-state index is -0.893. The first-order valence-electron chi connectivity index (χ1n) is 4.82. The zero-order valence-electron chi connectivity index (χ0n) is 9.44. The van der Waals surface area contributed by atoms with Crippen LogP contribution in [0.5, 0.6) is 0 Å². The third-order valence-electron chi connectivity index (χ3n) is 2.79. The third-order valence-corrected chi connectivity index (χ3v) is 2.79. The van der Waals surface area contributed by atoms with Crippen LogP contribution < -0.4 is 5.69 Å². The summed E-state index contributed by atoms with van der Waals surface area (Å²) in [6, 6.07) is -0.310. The topological polar surface area (TPSA) is 64.2 Å². The summed E-state index contributed by atoms with van der Waals surface area (Å²) in [5.41, 5.74) is 1.55. The molecule has 1 aromatic rings. The van der Waals surface area contributed by atoms with Gasteiger partial charge in [0.25, 0.3) is 0 Å². The Balaban J connectivity index is 3.20. The van der Waals surface area contributed by atoms with E-state index in [1.165, 1.54) is 9.13 Å². The van der Waals surface area contributed by atoms with Crippen molar-refractivity contribution < 1.29 is 9.90 Å². The first-order valence-corrected chi connectivity index (χ1v) is 4.82. The fourth-order valence-electron chi connectivity index (χ4n) is 1.73. The van der Waals surface area contributed by atoms with E-state index in [4.69, 9.17) is 5.11 Å². The molecule has 0 radical (unpaired) electrons. The summed E-state index contributed by atoms with van der Waals surface area (Å²) < 4.78 is 3.07. The quantitative estimate of drug-likeness (QED) is 0.807. The molecule has 15 heavy (non-hydrogen) atoms. The molecular weight excluding hydrogens is 196 g/mol. The zero-order chi connectivity index (χ0) is 11.7. The van der Waals surface area contributed by atoms with Crippen molar-refractivity contribution in [3.63, 3.8) is 0 Å². The first kappa shape index (κ1) is 11.6. The molecule has 5 nitrogen and oxygen atoms in total. The van der Waals surface area contributed by atoms with Gasteiger partial charge in [-0.05, 0) is 20.8 Å². The number of nitrogens with zero attached hydrogens (tertiary/aromatic N) is 2. The van der Waals surface area contributed by atoms with Crippen LogP contribution in [0.25, 0.3) is 0 Å². The van der Waals surface area contributed by atoms with Gasteiger partial charge in [-0.25, -0.2) is 4.79 Å². The van der Waals surface area contributed by atoms with E-state index in [2.05, 4.69) is 0 Å². The van der Waals surface area contributed by atoms with Gasteiger partial charge in [0.2, 0.25) is 0 Å². The Morgan fingerprint density at radius 1 is 1.40 bits per heavy atom. The normalized spacial score (nSPS) is 12.8. The molecule has 0 aliphatic heterocycles. The molecular formula is C10H16N2O3. The van der Waals surface area contributed by atoms with Gasteiger partial charge in [0.1, 0.15) is 0 Å². The maximum absolute atomic E-state index is 11.8. The Kier molecular flexibility index (Phi) is 3.02. The Morgan fingerprint density at radius 2 is 1.93 bits per heavy atom. The van der Waals surface area contributed by atoms with Crippen molar-refractivity contribution in [1.82, 2.24) is 9.13 Å². The van der Waals surface area contributed by atoms with E-state index in [1.807, 2.05) is 13.8 Å². The second-order valence-corrected chi connectivity index (χ2v) is 3.83. The number of carbonyl (C=O) groups is 1. The van der Waals surface area contributed by atoms with Crippen molar-refractivity contribution in [1.29, 1.82) is 0 Å². The number of hydrogen-bond acceptors (Lipinski definition) is 2. The Hall–Kier alpha value is -1.52. The molecule has 0 aliphatic carbocycles. The molecule has 0 bridgehead atoms. The molecule has 5 heteroatoms. The highest BCUT2D eigenvalue weighted by molar-refractivity contribution is 5.67. The smallest absolute Gasteiger partial charge is 0.328 e. The summed E-state index contributed by atoms with van der Waals surface area (Å²) in [5.74, 6) is -0.893. The lowest BCUT2D eigenvalue weighted by Gasteiger charge is -2.11. The van der Waals surface area contributed by atoms with Crippen molar-refractivity contribution in [2.75, 3.05) is 0 Å². The summed E-state index contributed by atoms with van der Waals surface area (Å²) in [7, 11) is 1.69. The molecule has 0 spiro atoms. The standard InChI is InChI=1S/C10H16N2O3/c1-6(5-9(13)14)12-8(3)7(2)11(4)10(12)15/h6H,5H2,1-4H3,(H,13,14). The van der Waals surface area contributed by atoms with Crippen molar-refractivity contribution in [2.24, 2.45) is 7.05 Å². The number of hydrogen-bond donors (Lipinski definition) is 1. The number of imidazole rings is 1. The molecule has 1 atom stereocenters. The number of aromatic nitrogens is 2. The van der Waals surface area contributed by atoms with Crippen LogP contribution in [0, 0.1) is 13.8 Å². The van der Waals surface area contributed by atoms with Crippen LogP contribution in [0.15, 0.2) is 4.79 Å². The molecule has 1 unspecified atom stereocenters. The zero-order valence-corrected chi connectivity index (χ0v) is 9.44. The van der Waals surface area contributed by atoms with E-state index in [1.54, 1.807) is 14.0 Å². The van der Waals surface area contributed by atoms with E-state index in [0.717, 1.165) is 11.4 Å². The summed E-state index contributed by atoms with van der Waals surface area (Å²) in [5, 5.41) is 8.68. The lowest BCUT2D eigenvalue weighted by Crippen LogP contribution is -2.26.